The lowest BCUT2D eigenvalue weighted by Gasteiger charge is -2.58. The molecule has 7 heteroatoms. The van der Waals surface area contributed by atoms with Gasteiger partial charge in [-0.1, -0.05) is 148 Å². The zero-order valence-corrected chi connectivity index (χ0v) is 37.8. The fourth-order valence-corrected chi connectivity index (χ4v) is 12.5. The summed E-state index contributed by atoms with van der Waals surface area (Å²) in [6.07, 6.45) is 27.8. The summed E-state index contributed by atoms with van der Waals surface area (Å²) in [5.74, 6) is 3.18. The Kier molecular flexibility index (Phi) is 18.5. The van der Waals surface area contributed by atoms with Crippen LogP contribution in [0, 0.1) is 46.3 Å². The Labute approximate surface area is 354 Å². The summed E-state index contributed by atoms with van der Waals surface area (Å²) < 4.78 is 18.0. The fourth-order valence-electron chi connectivity index (χ4n) is 12.5. The third-order valence-electron chi connectivity index (χ3n) is 16.3. The number of fused-ring (bicyclic) bond motifs is 5. The number of allylic oxidation sites excluding steroid dienone is 5. The van der Waals surface area contributed by atoms with E-state index in [1.807, 2.05) is 0 Å². The molecule has 1 aliphatic heterocycles. The highest BCUT2D eigenvalue weighted by atomic mass is 16.7. The van der Waals surface area contributed by atoms with Gasteiger partial charge in [0.05, 0.1) is 6.10 Å². The maximum atomic E-state index is 12.6. The maximum Gasteiger partial charge on any atom is 0.305 e. The van der Waals surface area contributed by atoms with Gasteiger partial charge in [-0.05, 0) is 117 Å². The van der Waals surface area contributed by atoms with Gasteiger partial charge >= 0.3 is 5.97 Å². The molecule has 1 heterocycles. The van der Waals surface area contributed by atoms with Crippen LogP contribution in [0.4, 0.5) is 0 Å². The molecule has 0 spiro atoms. The molecule has 0 aromatic carbocycles. The molecule has 4 fully saturated rings. The quantitative estimate of drug-likeness (QED) is 0.0536. The van der Waals surface area contributed by atoms with E-state index in [4.69, 9.17) is 14.2 Å². The molecule has 58 heavy (non-hydrogen) atoms. The highest BCUT2D eigenvalue weighted by Crippen LogP contribution is 2.67. The molecule has 0 aromatic heterocycles. The Hall–Kier alpha value is -1.51. The minimum absolute atomic E-state index is 0.114. The third kappa shape index (κ3) is 11.7. The van der Waals surface area contributed by atoms with Crippen LogP contribution >= 0.6 is 0 Å². The Morgan fingerprint density at radius 3 is 2.10 bits per heavy atom. The largest absolute Gasteiger partial charge is 0.463 e. The first kappa shape index (κ1) is 47.5. The van der Waals surface area contributed by atoms with Gasteiger partial charge in [0.2, 0.25) is 0 Å². The number of unbranched alkanes of at least 4 members (excludes halogenated alkanes) is 12. The molecular weight excluding hydrogens is 725 g/mol. The average molecular weight is 811 g/mol. The normalized spacial score (nSPS) is 37.1. The Morgan fingerprint density at radius 1 is 0.845 bits per heavy atom. The number of carbonyl (C=O) groups is 1. The molecule has 0 bridgehead atoms. The Morgan fingerprint density at radius 2 is 1.47 bits per heavy atom. The SMILES string of the molecule is C=C(C)[C@@H](/C=C/[C@@H](C)[C@H]1CC[C@H]2C3=CC[C@H]4C[C@@H](O[C@@H]5O[C@H](COC(=O)CCCCCCCCCCCCCCC)[C@@H](O)[C@H](O)[C@H]5O)CC[C@]4(C)[C@H]3CC[C@]12C)CC. The van der Waals surface area contributed by atoms with Gasteiger partial charge in [-0.25, -0.2) is 0 Å². The zero-order valence-electron chi connectivity index (χ0n) is 37.8. The monoisotopic (exact) mass is 811 g/mol. The molecule has 0 unspecified atom stereocenters. The van der Waals surface area contributed by atoms with Crippen molar-refractivity contribution in [3.8, 4) is 0 Å². The first-order chi connectivity index (χ1) is 27.8. The molecule has 4 aliphatic carbocycles. The minimum Gasteiger partial charge on any atom is -0.463 e. The summed E-state index contributed by atoms with van der Waals surface area (Å²) in [5.41, 5.74) is 3.57. The third-order valence-corrected chi connectivity index (χ3v) is 16.3. The second kappa shape index (κ2) is 22.5. The van der Waals surface area contributed by atoms with E-state index >= 15 is 0 Å². The van der Waals surface area contributed by atoms with Crippen molar-refractivity contribution in [2.45, 2.75) is 226 Å². The van der Waals surface area contributed by atoms with Crippen LogP contribution in [0.2, 0.25) is 0 Å². The van der Waals surface area contributed by atoms with Crippen molar-refractivity contribution in [2.75, 3.05) is 6.61 Å². The predicted molar refractivity (Wildman–Crippen MR) is 235 cm³/mol. The van der Waals surface area contributed by atoms with Gasteiger partial charge in [-0.2, -0.15) is 0 Å². The number of hydrogen-bond acceptors (Lipinski definition) is 7. The van der Waals surface area contributed by atoms with Crippen molar-refractivity contribution < 1.29 is 34.3 Å². The van der Waals surface area contributed by atoms with Crippen molar-refractivity contribution in [1.82, 2.24) is 0 Å². The first-order valence-electron chi connectivity index (χ1n) is 24.4. The van der Waals surface area contributed by atoms with Gasteiger partial charge < -0.3 is 29.5 Å². The van der Waals surface area contributed by atoms with Gasteiger partial charge in [0.25, 0.3) is 0 Å². The van der Waals surface area contributed by atoms with E-state index < -0.39 is 30.7 Å². The number of hydrogen-bond donors (Lipinski definition) is 3. The van der Waals surface area contributed by atoms with E-state index in [1.54, 1.807) is 5.57 Å². The summed E-state index contributed by atoms with van der Waals surface area (Å²) in [4.78, 5) is 12.6. The van der Waals surface area contributed by atoms with Gasteiger partial charge in [0, 0.05) is 6.42 Å². The topological polar surface area (TPSA) is 105 Å². The van der Waals surface area contributed by atoms with E-state index in [9.17, 15) is 20.1 Å². The molecule has 5 aliphatic rings. The standard InChI is InChI=1S/C51H86O7/c1-8-10-11-12-13-14-15-16-17-18-19-20-21-22-45(52)56-34-44-46(53)47(54)48(55)49(58-44)57-39-29-31-50(6)38(33-39)25-26-40-42-28-27-41(51(42,7)32-30-43(40)50)36(5)23-24-37(9-2)35(3)4/h23-24,26,36-39,41-44,46-49,53-55H,3,8-22,25,27-34H2,1-2,4-7H3/b24-23+/t36-,37-,38+,39+,41-,42+,43+,44-,46-,47+,48-,49-,50+,51-/m1/s1. The molecular formula is C51H86O7. The van der Waals surface area contributed by atoms with Crippen LogP contribution in [0.25, 0.3) is 0 Å². The maximum absolute atomic E-state index is 12.6. The number of aliphatic hydroxyl groups excluding tert-OH is 3. The lowest BCUT2D eigenvalue weighted by molar-refractivity contribution is -0.316. The van der Waals surface area contributed by atoms with Gasteiger partial charge in [-0.3, -0.25) is 4.79 Å². The molecule has 332 valence electrons. The first-order valence-corrected chi connectivity index (χ1v) is 24.4. The van der Waals surface area contributed by atoms with Crippen molar-refractivity contribution in [2.24, 2.45) is 46.3 Å². The number of esters is 1. The number of ether oxygens (including phenoxy) is 3. The molecule has 5 rings (SSSR count). The number of aliphatic hydroxyl groups is 3. The lowest BCUT2D eigenvalue weighted by atomic mass is 9.47. The lowest BCUT2D eigenvalue weighted by Crippen LogP contribution is -2.60. The second-order valence-electron chi connectivity index (χ2n) is 20.3. The van der Waals surface area contributed by atoms with Crippen LogP contribution < -0.4 is 0 Å². The van der Waals surface area contributed by atoms with Crippen molar-refractivity contribution in [3.05, 3.63) is 36.0 Å². The van der Waals surface area contributed by atoms with Gasteiger partial charge in [0.15, 0.2) is 6.29 Å². The minimum atomic E-state index is -1.44. The molecule has 0 radical (unpaired) electrons. The Balaban J connectivity index is 1.05. The fraction of sp³-hybridized carbons (Fsp3) is 0.863. The second-order valence-corrected chi connectivity index (χ2v) is 20.3. The zero-order chi connectivity index (χ0) is 41.9. The number of rotatable bonds is 23. The van der Waals surface area contributed by atoms with Gasteiger partial charge in [0.1, 0.15) is 31.0 Å². The Bertz CT molecular complexity index is 1340. The van der Waals surface area contributed by atoms with Crippen LogP contribution in [0.5, 0.6) is 0 Å². The number of carbonyl (C=O) groups excluding carboxylic acids is 1. The van der Waals surface area contributed by atoms with Crippen LogP contribution in [0.3, 0.4) is 0 Å². The van der Waals surface area contributed by atoms with Crippen molar-refractivity contribution in [1.29, 1.82) is 0 Å². The molecule has 3 saturated carbocycles. The summed E-state index contributed by atoms with van der Waals surface area (Å²) in [7, 11) is 0. The summed E-state index contributed by atoms with van der Waals surface area (Å²) in [6.45, 7) is 18.3. The van der Waals surface area contributed by atoms with Crippen LogP contribution in [-0.4, -0.2) is 64.7 Å². The van der Waals surface area contributed by atoms with E-state index in [1.165, 1.54) is 95.5 Å². The highest BCUT2D eigenvalue weighted by Gasteiger charge is 2.58. The van der Waals surface area contributed by atoms with E-state index in [-0.39, 0.29) is 24.1 Å². The molecule has 0 amide bonds. The predicted octanol–water partition coefficient (Wildman–Crippen LogP) is 11.6. The molecule has 7 nitrogen and oxygen atoms in total. The summed E-state index contributed by atoms with van der Waals surface area (Å²) in [5, 5.41) is 32.5. The summed E-state index contributed by atoms with van der Waals surface area (Å²) >= 11 is 0. The highest BCUT2D eigenvalue weighted by molar-refractivity contribution is 5.69. The van der Waals surface area contributed by atoms with E-state index in [2.05, 4.69) is 66.3 Å². The van der Waals surface area contributed by atoms with Crippen LogP contribution in [-0.2, 0) is 19.0 Å². The molecule has 14 atom stereocenters. The van der Waals surface area contributed by atoms with Crippen LogP contribution in [0.15, 0.2) is 36.0 Å². The van der Waals surface area contributed by atoms with E-state index in [0.717, 1.165) is 51.4 Å². The van der Waals surface area contributed by atoms with E-state index in [0.29, 0.717) is 47.3 Å². The smallest absolute Gasteiger partial charge is 0.305 e. The van der Waals surface area contributed by atoms with Gasteiger partial charge in [-0.15, -0.1) is 0 Å². The van der Waals surface area contributed by atoms with Crippen molar-refractivity contribution in [3.63, 3.8) is 0 Å². The van der Waals surface area contributed by atoms with Crippen molar-refractivity contribution >= 4 is 5.97 Å². The molecule has 0 aromatic rings. The molecule has 1 saturated heterocycles. The molecule has 3 N–H and O–H groups in total. The average Bonchev–Trinajstić information content (AvgIpc) is 3.56. The van der Waals surface area contributed by atoms with Crippen LogP contribution in [0.1, 0.15) is 189 Å². The summed E-state index contributed by atoms with van der Waals surface area (Å²) in [6, 6.07) is 0.